The number of thioether (sulfide) groups is 1. The maximum atomic E-state index is 13.0. The highest BCUT2D eigenvalue weighted by atomic mass is 32.2. The fourth-order valence-corrected chi connectivity index (χ4v) is 6.78. The van der Waals surface area contributed by atoms with E-state index < -0.39 is 10.0 Å². The normalized spacial score (nSPS) is 17.7. The van der Waals surface area contributed by atoms with Gasteiger partial charge >= 0.3 is 0 Å². The summed E-state index contributed by atoms with van der Waals surface area (Å²) in [5.74, 6) is 1.09. The molecule has 196 valence electrons. The van der Waals surface area contributed by atoms with Crippen molar-refractivity contribution in [3.05, 3.63) is 60.2 Å². The van der Waals surface area contributed by atoms with Gasteiger partial charge < -0.3 is 14.1 Å². The summed E-state index contributed by atoms with van der Waals surface area (Å²) in [4.78, 5) is 14.8. The first-order valence-electron chi connectivity index (χ1n) is 12.5. The molecular formula is C26H30N4O5S2. The van der Waals surface area contributed by atoms with Crippen molar-refractivity contribution in [3.63, 3.8) is 0 Å². The Hall–Kier alpha value is -2.73. The Morgan fingerprint density at radius 1 is 0.973 bits per heavy atom. The summed E-state index contributed by atoms with van der Waals surface area (Å²) >= 11 is 1.20. The molecule has 37 heavy (non-hydrogen) atoms. The van der Waals surface area contributed by atoms with E-state index in [1.54, 1.807) is 18.2 Å². The molecule has 0 radical (unpaired) electrons. The van der Waals surface area contributed by atoms with Crippen LogP contribution >= 0.6 is 11.8 Å². The summed E-state index contributed by atoms with van der Waals surface area (Å²) in [5.41, 5.74) is 1.86. The molecule has 3 heterocycles. The second-order valence-electron chi connectivity index (χ2n) is 9.22. The molecule has 3 aromatic rings. The van der Waals surface area contributed by atoms with Crippen LogP contribution in [-0.4, -0.2) is 78.9 Å². The number of piperidine rings is 1. The van der Waals surface area contributed by atoms with Crippen LogP contribution in [0.25, 0.3) is 11.5 Å². The van der Waals surface area contributed by atoms with Crippen LogP contribution in [0.15, 0.2) is 69.1 Å². The van der Waals surface area contributed by atoms with E-state index in [4.69, 9.17) is 9.15 Å². The lowest BCUT2D eigenvalue weighted by Gasteiger charge is -2.32. The number of rotatable bonds is 8. The van der Waals surface area contributed by atoms with Gasteiger partial charge in [-0.25, -0.2) is 8.42 Å². The molecule has 0 saturated carbocycles. The van der Waals surface area contributed by atoms with Gasteiger partial charge in [0.25, 0.3) is 5.22 Å². The van der Waals surface area contributed by atoms with Gasteiger partial charge in [-0.3, -0.25) is 4.79 Å². The molecule has 0 unspecified atom stereocenters. The summed E-state index contributed by atoms with van der Waals surface area (Å²) in [6.07, 6.45) is 3.05. The van der Waals surface area contributed by atoms with E-state index >= 15 is 0 Å². The van der Waals surface area contributed by atoms with Crippen LogP contribution in [0.1, 0.15) is 18.4 Å². The van der Waals surface area contributed by atoms with E-state index in [9.17, 15) is 13.2 Å². The number of aromatic nitrogens is 2. The third kappa shape index (κ3) is 6.40. The Labute approximate surface area is 221 Å². The van der Waals surface area contributed by atoms with Crippen molar-refractivity contribution < 1.29 is 22.4 Å². The first-order chi connectivity index (χ1) is 18.0. The molecule has 11 heteroatoms. The lowest BCUT2D eigenvalue weighted by Crippen LogP contribution is -2.40. The zero-order valence-electron chi connectivity index (χ0n) is 20.5. The molecule has 2 saturated heterocycles. The fraction of sp³-hybridized carbons (Fsp3) is 0.423. The Morgan fingerprint density at radius 2 is 1.73 bits per heavy atom. The summed E-state index contributed by atoms with van der Waals surface area (Å²) < 4.78 is 38.4. The number of carbonyl (C=O) groups is 1. The molecule has 5 rings (SSSR count). The predicted molar refractivity (Wildman–Crippen MR) is 139 cm³/mol. The number of carbonyl (C=O) groups excluding carboxylic acids is 1. The zero-order valence-corrected chi connectivity index (χ0v) is 22.1. The van der Waals surface area contributed by atoms with Gasteiger partial charge in [0, 0.05) is 31.7 Å². The van der Waals surface area contributed by atoms with Crippen molar-refractivity contribution in [2.24, 2.45) is 5.92 Å². The zero-order chi connectivity index (χ0) is 25.7. The largest absolute Gasteiger partial charge is 0.411 e. The molecule has 1 aromatic heterocycles. The minimum atomic E-state index is -3.63. The van der Waals surface area contributed by atoms with Crippen molar-refractivity contribution in [1.29, 1.82) is 0 Å². The van der Waals surface area contributed by atoms with E-state index in [2.05, 4.69) is 34.5 Å². The number of amides is 1. The minimum Gasteiger partial charge on any atom is -0.411 e. The Balaban J connectivity index is 1.14. The number of morpholine rings is 1. The fourth-order valence-electron chi connectivity index (χ4n) is 4.66. The molecule has 2 fully saturated rings. The number of hydrogen-bond acceptors (Lipinski definition) is 8. The van der Waals surface area contributed by atoms with Gasteiger partial charge in [0.2, 0.25) is 21.8 Å². The van der Waals surface area contributed by atoms with Gasteiger partial charge in [-0.1, -0.05) is 48.2 Å². The Kier molecular flexibility index (Phi) is 8.23. The molecule has 0 bridgehead atoms. The second-order valence-corrected chi connectivity index (χ2v) is 12.1. The minimum absolute atomic E-state index is 0.0570. The summed E-state index contributed by atoms with van der Waals surface area (Å²) in [6, 6.07) is 17.0. The van der Waals surface area contributed by atoms with Crippen molar-refractivity contribution in [1.82, 2.24) is 19.4 Å². The lowest BCUT2D eigenvalue weighted by molar-refractivity contribution is -0.129. The number of sulfonamides is 1. The standard InChI is InChI=1S/C26H30N4O5S2/c31-24(29-11-9-21(10-12-29)17-20-5-2-1-3-6-20)19-36-26-28-27-25(35-26)22-7-4-8-23(18-22)37(32,33)30-13-15-34-16-14-30/h1-8,18,21H,9-17,19H2. The van der Waals surface area contributed by atoms with Gasteiger partial charge in [0.05, 0.1) is 23.9 Å². The SMILES string of the molecule is O=C(CSc1nnc(-c2cccc(S(=O)(=O)N3CCOCC3)c2)o1)N1CCC(Cc2ccccc2)CC1. The van der Waals surface area contributed by atoms with Crippen LogP contribution < -0.4 is 0 Å². The molecule has 0 aliphatic carbocycles. The van der Waals surface area contributed by atoms with Crippen molar-refractivity contribution in [2.45, 2.75) is 29.4 Å². The summed E-state index contributed by atoms with van der Waals surface area (Å²) in [5, 5.41) is 8.40. The number of nitrogens with zero attached hydrogens (tertiary/aromatic N) is 4. The number of hydrogen-bond donors (Lipinski definition) is 0. The second kappa shape index (κ2) is 11.8. The van der Waals surface area contributed by atoms with Gasteiger partial charge in [-0.15, -0.1) is 10.2 Å². The maximum Gasteiger partial charge on any atom is 0.277 e. The number of ether oxygens (including phenoxy) is 1. The highest BCUT2D eigenvalue weighted by molar-refractivity contribution is 7.99. The van der Waals surface area contributed by atoms with E-state index in [-0.39, 0.29) is 27.7 Å². The van der Waals surface area contributed by atoms with Crippen LogP contribution in [0.3, 0.4) is 0 Å². The van der Waals surface area contributed by atoms with Gasteiger partial charge in [-0.2, -0.15) is 4.31 Å². The van der Waals surface area contributed by atoms with Crippen LogP contribution in [0.4, 0.5) is 0 Å². The molecule has 0 N–H and O–H groups in total. The van der Waals surface area contributed by atoms with Crippen molar-refractivity contribution in [3.8, 4) is 11.5 Å². The number of likely N-dealkylation sites (tertiary alicyclic amines) is 1. The third-order valence-electron chi connectivity index (χ3n) is 6.75. The average Bonchev–Trinajstić information content (AvgIpc) is 3.42. The molecule has 2 aliphatic rings. The van der Waals surface area contributed by atoms with E-state index in [0.717, 1.165) is 32.4 Å². The quantitative estimate of drug-likeness (QED) is 0.399. The molecule has 1 amide bonds. The maximum absolute atomic E-state index is 13.0. The Morgan fingerprint density at radius 3 is 2.49 bits per heavy atom. The highest BCUT2D eigenvalue weighted by Crippen LogP contribution is 2.27. The first-order valence-corrected chi connectivity index (χ1v) is 14.9. The molecular weight excluding hydrogens is 512 g/mol. The molecule has 2 aliphatic heterocycles. The van der Waals surface area contributed by atoms with Crippen LogP contribution in [0, 0.1) is 5.92 Å². The average molecular weight is 543 g/mol. The summed E-state index contributed by atoms with van der Waals surface area (Å²) in [7, 11) is -3.63. The monoisotopic (exact) mass is 542 g/mol. The van der Waals surface area contributed by atoms with Crippen LogP contribution in [0.2, 0.25) is 0 Å². The smallest absolute Gasteiger partial charge is 0.277 e. The highest BCUT2D eigenvalue weighted by Gasteiger charge is 2.27. The van der Waals surface area contributed by atoms with Crippen molar-refractivity contribution in [2.75, 3.05) is 45.1 Å². The first kappa shape index (κ1) is 25.9. The van der Waals surface area contributed by atoms with Crippen LogP contribution in [0.5, 0.6) is 0 Å². The molecule has 2 aromatic carbocycles. The van der Waals surface area contributed by atoms with Crippen molar-refractivity contribution >= 4 is 27.7 Å². The summed E-state index contributed by atoms with van der Waals surface area (Å²) in [6.45, 7) is 2.94. The van der Waals surface area contributed by atoms with Gasteiger partial charge in [-0.05, 0) is 48.9 Å². The van der Waals surface area contributed by atoms with Crippen LogP contribution in [-0.2, 0) is 26.0 Å². The lowest BCUT2D eigenvalue weighted by atomic mass is 9.90. The topological polar surface area (TPSA) is 106 Å². The Bertz CT molecular complexity index is 1300. The van der Waals surface area contributed by atoms with E-state index in [1.807, 2.05) is 11.0 Å². The number of benzene rings is 2. The molecule has 0 atom stereocenters. The van der Waals surface area contributed by atoms with E-state index in [1.165, 1.54) is 27.7 Å². The molecule has 0 spiro atoms. The third-order valence-corrected chi connectivity index (χ3v) is 9.45. The molecule has 9 nitrogen and oxygen atoms in total. The van der Waals surface area contributed by atoms with E-state index in [0.29, 0.717) is 37.8 Å². The predicted octanol–water partition coefficient (Wildman–Crippen LogP) is 3.33. The van der Waals surface area contributed by atoms with Gasteiger partial charge in [0.15, 0.2) is 0 Å². The van der Waals surface area contributed by atoms with Gasteiger partial charge in [0.1, 0.15) is 0 Å².